The molecule has 4 heteroatoms. The monoisotopic (exact) mass is 304 g/mol. The average molecular weight is 305 g/mol. The zero-order valence-electron chi connectivity index (χ0n) is 12.9. The predicted molar refractivity (Wildman–Crippen MR) is 87.1 cm³/mol. The molecule has 0 spiro atoms. The second-order valence-electron chi connectivity index (χ2n) is 6.14. The summed E-state index contributed by atoms with van der Waals surface area (Å²) in [4.78, 5) is 4.02. The molecule has 0 amide bonds. The van der Waals surface area contributed by atoms with Crippen molar-refractivity contribution in [2.75, 3.05) is 0 Å². The third-order valence-corrected chi connectivity index (χ3v) is 3.18. The van der Waals surface area contributed by atoms with Crippen molar-refractivity contribution in [3.05, 3.63) is 52.8 Å². The van der Waals surface area contributed by atoms with Gasteiger partial charge in [-0.05, 0) is 44.9 Å². The largest absolute Gasteiger partial charge is 0.455 e. The van der Waals surface area contributed by atoms with Crippen LogP contribution in [0.3, 0.4) is 0 Å². The Morgan fingerprint density at radius 1 is 1.19 bits per heavy atom. The van der Waals surface area contributed by atoms with Crippen LogP contribution in [0.15, 0.2) is 36.7 Å². The molecular formula is C17H21ClN2O. The maximum Gasteiger partial charge on any atom is 0.147 e. The molecule has 0 radical (unpaired) electrons. The molecule has 3 nitrogen and oxygen atoms in total. The molecule has 0 saturated carbocycles. The van der Waals surface area contributed by atoms with Crippen molar-refractivity contribution in [3.8, 4) is 11.5 Å². The molecule has 112 valence electrons. The number of ether oxygens (including phenoxy) is 1. The Hall–Kier alpha value is -1.58. The van der Waals surface area contributed by atoms with Gasteiger partial charge in [-0.15, -0.1) is 0 Å². The van der Waals surface area contributed by atoms with Gasteiger partial charge in [0.25, 0.3) is 0 Å². The number of pyridine rings is 1. The topological polar surface area (TPSA) is 34.1 Å². The fourth-order valence-corrected chi connectivity index (χ4v) is 2.04. The van der Waals surface area contributed by atoms with Crippen molar-refractivity contribution in [1.82, 2.24) is 10.3 Å². The van der Waals surface area contributed by atoms with E-state index in [1.807, 2.05) is 13.0 Å². The summed E-state index contributed by atoms with van der Waals surface area (Å²) in [7, 11) is 0. The fourth-order valence-electron chi connectivity index (χ4n) is 1.88. The Labute approximate surface area is 131 Å². The fraction of sp³-hybridized carbons (Fsp3) is 0.353. The lowest BCUT2D eigenvalue weighted by Gasteiger charge is -2.21. The predicted octanol–water partition coefficient (Wildman–Crippen LogP) is 4.72. The van der Waals surface area contributed by atoms with Crippen LogP contribution in [-0.2, 0) is 6.54 Å². The molecule has 2 rings (SSSR count). The normalized spacial score (nSPS) is 11.5. The Morgan fingerprint density at radius 2 is 1.95 bits per heavy atom. The molecule has 0 fully saturated rings. The Morgan fingerprint density at radius 3 is 2.57 bits per heavy atom. The van der Waals surface area contributed by atoms with E-state index < -0.39 is 0 Å². The van der Waals surface area contributed by atoms with E-state index in [0.29, 0.717) is 10.8 Å². The molecule has 0 aliphatic carbocycles. The van der Waals surface area contributed by atoms with Crippen molar-refractivity contribution in [2.45, 2.75) is 39.8 Å². The summed E-state index contributed by atoms with van der Waals surface area (Å²) in [5, 5.41) is 4.04. The van der Waals surface area contributed by atoms with E-state index in [0.717, 1.165) is 17.9 Å². The molecule has 1 N–H and O–H groups in total. The van der Waals surface area contributed by atoms with E-state index in [1.165, 1.54) is 5.56 Å². The summed E-state index contributed by atoms with van der Waals surface area (Å²) < 4.78 is 5.82. The summed E-state index contributed by atoms with van der Waals surface area (Å²) in [5.41, 5.74) is 2.43. The first-order chi connectivity index (χ1) is 9.83. The lowest BCUT2D eigenvalue weighted by molar-refractivity contribution is 0.424. The number of nitrogens with one attached hydrogen (secondary N) is 1. The van der Waals surface area contributed by atoms with E-state index in [1.54, 1.807) is 18.5 Å². The van der Waals surface area contributed by atoms with Crippen LogP contribution in [0.1, 0.15) is 31.9 Å². The van der Waals surface area contributed by atoms with Gasteiger partial charge in [-0.3, -0.25) is 4.98 Å². The second kappa shape index (κ2) is 6.46. The van der Waals surface area contributed by atoms with Crippen LogP contribution in [0.5, 0.6) is 11.5 Å². The number of aromatic nitrogens is 1. The maximum atomic E-state index is 5.91. The number of hydrogen-bond donors (Lipinski definition) is 1. The van der Waals surface area contributed by atoms with E-state index in [-0.39, 0.29) is 5.54 Å². The van der Waals surface area contributed by atoms with Gasteiger partial charge < -0.3 is 10.1 Å². The van der Waals surface area contributed by atoms with Gasteiger partial charge in [0, 0.05) is 24.3 Å². The SMILES string of the molecule is Cc1cc(CNC(C)(C)C)ccc1Oc1cncc(Cl)c1. The van der Waals surface area contributed by atoms with Gasteiger partial charge in [-0.25, -0.2) is 0 Å². The molecular weight excluding hydrogens is 284 g/mol. The highest BCUT2D eigenvalue weighted by molar-refractivity contribution is 6.30. The van der Waals surface area contributed by atoms with E-state index in [2.05, 4.69) is 43.2 Å². The van der Waals surface area contributed by atoms with Crippen LogP contribution in [0.2, 0.25) is 5.02 Å². The van der Waals surface area contributed by atoms with Crippen LogP contribution < -0.4 is 10.1 Å². The molecule has 0 saturated heterocycles. The van der Waals surface area contributed by atoms with Gasteiger partial charge in [0.2, 0.25) is 0 Å². The van der Waals surface area contributed by atoms with Crippen LogP contribution in [0, 0.1) is 6.92 Å². The van der Waals surface area contributed by atoms with Crippen molar-refractivity contribution in [3.63, 3.8) is 0 Å². The van der Waals surface area contributed by atoms with Gasteiger partial charge in [-0.1, -0.05) is 23.7 Å². The molecule has 0 atom stereocenters. The van der Waals surface area contributed by atoms with Crippen LogP contribution >= 0.6 is 11.6 Å². The molecule has 0 aliphatic heterocycles. The van der Waals surface area contributed by atoms with Crippen molar-refractivity contribution >= 4 is 11.6 Å². The number of hydrogen-bond acceptors (Lipinski definition) is 3. The van der Waals surface area contributed by atoms with E-state index >= 15 is 0 Å². The number of nitrogens with zero attached hydrogens (tertiary/aromatic N) is 1. The van der Waals surface area contributed by atoms with Crippen molar-refractivity contribution < 1.29 is 4.74 Å². The zero-order chi connectivity index (χ0) is 15.5. The van der Waals surface area contributed by atoms with Crippen LogP contribution in [0.4, 0.5) is 0 Å². The first kappa shape index (κ1) is 15.8. The van der Waals surface area contributed by atoms with Crippen LogP contribution in [0.25, 0.3) is 0 Å². The minimum absolute atomic E-state index is 0.107. The summed E-state index contributed by atoms with van der Waals surface area (Å²) in [6, 6.07) is 7.93. The number of benzene rings is 1. The van der Waals surface area contributed by atoms with Gasteiger partial charge in [-0.2, -0.15) is 0 Å². The van der Waals surface area contributed by atoms with Crippen LogP contribution in [-0.4, -0.2) is 10.5 Å². The maximum absolute atomic E-state index is 5.91. The lowest BCUT2D eigenvalue weighted by atomic mass is 10.1. The quantitative estimate of drug-likeness (QED) is 0.887. The standard InChI is InChI=1S/C17H21ClN2O/c1-12-7-13(9-20-17(2,3)4)5-6-16(12)21-15-8-14(18)10-19-11-15/h5-8,10-11,20H,9H2,1-4H3. The Kier molecular flexibility index (Phi) is 4.86. The zero-order valence-corrected chi connectivity index (χ0v) is 13.7. The Balaban J connectivity index is 2.09. The van der Waals surface area contributed by atoms with Crippen molar-refractivity contribution in [1.29, 1.82) is 0 Å². The first-order valence-corrected chi connectivity index (χ1v) is 7.34. The molecule has 0 aliphatic rings. The summed E-state index contributed by atoms with van der Waals surface area (Å²) in [6.07, 6.45) is 3.24. The molecule has 21 heavy (non-hydrogen) atoms. The number of aryl methyl sites for hydroxylation is 1. The molecule has 2 aromatic rings. The number of halogens is 1. The van der Waals surface area contributed by atoms with Gasteiger partial charge in [0.15, 0.2) is 0 Å². The second-order valence-corrected chi connectivity index (χ2v) is 6.58. The molecule has 1 aromatic carbocycles. The minimum atomic E-state index is 0.107. The first-order valence-electron chi connectivity index (χ1n) is 6.96. The third kappa shape index (κ3) is 5.03. The summed E-state index contributed by atoms with van der Waals surface area (Å²) in [5.74, 6) is 1.46. The molecule has 0 unspecified atom stereocenters. The van der Waals surface area contributed by atoms with Gasteiger partial charge in [0.05, 0.1) is 11.2 Å². The van der Waals surface area contributed by atoms with Gasteiger partial charge >= 0.3 is 0 Å². The third-order valence-electron chi connectivity index (χ3n) is 2.97. The highest BCUT2D eigenvalue weighted by Gasteiger charge is 2.09. The minimum Gasteiger partial charge on any atom is -0.455 e. The summed E-state index contributed by atoms with van der Waals surface area (Å²) in [6.45, 7) is 9.34. The number of rotatable bonds is 4. The molecule has 1 aromatic heterocycles. The lowest BCUT2D eigenvalue weighted by Crippen LogP contribution is -2.35. The molecule has 1 heterocycles. The Bertz CT molecular complexity index is 620. The van der Waals surface area contributed by atoms with E-state index in [9.17, 15) is 0 Å². The highest BCUT2D eigenvalue weighted by atomic mass is 35.5. The molecule has 0 bridgehead atoms. The average Bonchev–Trinajstić information content (AvgIpc) is 2.38. The van der Waals surface area contributed by atoms with Gasteiger partial charge in [0.1, 0.15) is 11.5 Å². The smallest absolute Gasteiger partial charge is 0.147 e. The van der Waals surface area contributed by atoms with E-state index in [4.69, 9.17) is 16.3 Å². The van der Waals surface area contributed by atoms with Crippen molar-refractivity contribution in [2.24, 2.45) is 0 Å². The summed E-state index contributed by atoms with van der Waals surface area (Å²) >= 11 is 5.91. The highest BCUT2D eigenvalue weighted by Crippen LogP contribution is 2.26.